The van der Waals surface area contributed by atoms with Gasteiger partial charge in [0, 0.05) is 11.8 Å². The quantitative estimate of drug-likeness (QED) is 0.538. The van der Waals surface area contributed by atoms with Gasteiger partial charge in [0.1, 0.15) is 4.64 Å². The van der Waals surface area contributed by atoms with Gasteiger partial charge in [0.25, 0.3) is 0 Å². The van der Waals surface area contributed by atoms with Gasteiger partial charge in [-0.2, -0.15) is 0 Å². The molecule has 3 heteroatoms. The molecule has 0 radical (unpaired) electrons. The van der Waals surface area contributed by atoms with Gasteiger partial charge in [-0.05, 0) is 6.92 Å². The van der Waals surface area contributed by atoms with Crippen molar-refractivity contribution in [1.82, 2.24) is 10.2 Å². The van der Waals surface area contributed by atoms with Gasteiger partial charge in [-0.3, -0.25) is 5.10 Å². The van der Waals surface area contributed by atoms with E-state index < -0.39 is 0 Å². The Hall–Kier alpha value is -0.570. The van der Waals surface area contributed by atoms with Gasteiger partial charge in [-0.1, -0.05) is 26.1 Å². The first-order chi connectivity index (χ1) is 4.30. The Kier molecular flexibility index (Phi) is 4.05. The molecule has 0 aliphatic carbocycles. The average Bonchev–Trinajstić information content (AvgIpc) is 2.23. The monoisotopic (exact) mass is 144 g/mol. The van der Waals surface area contributed by atoms with Gasteiger partial charge >= 0.3 is 0 Å². The van der Waals surface area contributed by atoms with Crippen LogP contribution in [0.25, 0.3) is 0 Å². The van der Waals surface area contributed by atoms with Crippen LogP contribution in [-0.4, -0.2) is 10.2 Å². The molecule has 0 spiro atoms. The van der Waals surface area contributed by atoms with Crippen LogP contribution in [0.15, 0.2) is 6.20 Å². The lowest BCUT2D eigenvalue weighted by Crippen LogP contribution is -1.60. The number of nitrogens with one attached hydrogen (secondary N) is 2. The van der Waals surface area contributed by atoms with Crippen molar-refractivity contribution >= 4 is 12.2 Å². The molecule has 0 saturated carbocycles. The van der Waals surface area contributed by atoms with E-state index in [1.807, 2.05) is 27.0 Å². The number of rotatable bonds is 0. The molecular formula is C6H12N2S. The Labute approximate surface area is 60.3 Å². The van der Waals surface area contributed by atoms with E-state index >= 15 is 0 Å². The highest BCUT2D eigenvalue weighted by Gasteiger charge is 1.81. The number of hydrogen-bond acceptors (Lipinski definition) is 1. The summed E-state index contributed by atoms with van der Waals surface area (Å²) in [5.41, 5.74) is 1.09. The molecule has 0 amide bonds. The van der Waals surface area contributed by atoms with Crippen molar-refractivity contribution in [3.63, 3.8) is 0 Å². The Balaban J connectivity index is 0.000000291. The number of aromatic nitrogens is 2. The van der Waals surface area contributed by atoms with Crippen LogP contribution in [-0.2, 0) is 0 Å². The summed E-state index contributed by atoms with van der Waals surface area (Å²) >= 11 is 4.80. The average molecular weight is 144 g/mol. The summed E-state index contributed by atoms with van der Waals surface area (Å²) in [6.45, 7) is 5.95. The van der Waals surface area contributed by atoms with E-state index in [9.17, 15) is 0 Å². The first-order valence-electron chi connectivity index (χ1n) is 3.03. The molecule has 1 rings (SSSR count). The van der Waals surface area contributed by atoms with Gasteiger partial charge in [0.15, 0.2) is 0 Å². The van der Waals surface area contributed by atoms with E-state index in [2.05, 4.69) is 10.2 Å². The third kappa shape index (κ3) is 2.46. The maximum absolute atomic E-state index is 4.80. The zero-order valence-corrected chi connectivity index (χ0v) is 6.80. The lowest BCUT2D eigenvalue weighted by molar-refractivity contribution is 1.08. The molecule has 0 bridgehead atoms. The van der Waals surface area contributed by atoms with Gasteiger partial charge in [0.2, 0.25) is 0 Å². The maximum atomic E-state index is 4.80. The van der Waals surface area contributed by atoms with E-state index in [0.29, 0.717) is 0 Å². The summed E-state index contributed by atoms with van der Waals surface area (Å²) in [5, 5.41) is 5.53. The summed E-state index contributed by atoms with van der Waals surface area (Å²) in [5.74, 6) is 0. The molecule has 52 valence electrons. The van der Waals surface area contributed by atoms with Crippen molar-refractivity contribution in [3.05, 3.63) is 16.4 Å². The predicted octanol–water partition coefficient (Wildman–Crippen LogP) is 2.41. The molecule has 1 aromatic heterocycles. The second kappa shape index (κ2) is 4.32. The Morgan fingerprint density at radius 2 is 2.00 bits per heavy atom. The van der Waals surface area contributed by atoms with Crippen molar-refractivity contribution in [2.45, 2.75) is 20.8 Å². The fraction of sp³-hybridized carbons (Fsp3) is 0.500. The normalized spacial score (nSPS) is 7.89. The molecule has 0 saturated heterocycles. The van der Waals surface area contributed by atoms with Crippen LogP contribution < -0.4 is 0 Å². The van der Waals surface area contributed by atoms with Crippen molar-refractivity contribution < 1.29 is 0 Å². The first-order valence-corrected chi connectivity index (χ1v) is 3.44. The summed E-state index contributed by atoms with van der Waals surface area (Å²) < 4.78 is 0.792. The van der Waals surface area contributed by atoms with Crippen molar-refractivity contribution in [2.75, 3.05) is 0 Å². The maximum Gasteiger partial charge on any atom is 0.122 e. The minimum absolute atomic E-state index is 0.792. The number of H-pyrrole nitrogens is 2. The second-order valence-corrected chi connectivity index (χ2v) is 1.83. The van der Waals surface area contributed by atoms with Gasteiger partial charge in [-0.15, -0.1) is 0 Å². The highest BCUT2D eigenvalue weighted by molar-refractivity contribution is 7.71. The van der Waals surface area contributed by atoms with E-state index in [-0.39, 0.29) is 0 Å². The molecule has 1 aromatic rings. The Morgan fingerprint density at radius 1 is 1.44 bits per heavy atom. The third-order valence-corrected chi connectivity index (χ3v) is 1.26. The molecule has 9 heavy (non-hydrogen) atoms. The lowest BCUT2D eigenvalue weighted by atomic mass is 10.4. The smallest absolute Gasteiger partial charge is 0.122 e. The topological polar surface area (TPSA) is 31.6 Å². The third-order valence-electron chi connectivity index (χ3n) is 0.833. The summed E-state index contributed by atoms with van der Waals surface area (Å²) in [4.78, 5) is 0. The number of aryl methyl sites for hydroxylation is 1. The predicted molar refractivity (Wildman–Crippen MR) is 42.1 cm³/mol. The van der Waals surface area contributed by atoms with E-state index in [1.165, 1.54) is 0 Å². The van der Waals surface area contributed by atoms with Crippen LogP contribution in [0, 0.1) is 11.6 Å². The van der Waals surface area contributed by atoms with Gasteiger partial charge < -0.3 is 5.10 Å². The summed E-state index contributed by atoms with van der Waals surface area (Å²) in [6, 6.07) is 0. The molecule has 0 aliphatic rings. The van der Waals surface area contributed by atoms with Crippen molar-refractivity contribution in [1.29, 1.82) is 0 Å². The van der Waals surface area contributed by atoms with Gasteiger partial charge in [0.05, 0.1) is 0 Å². The Bertz CT molecular complexity index is 199. The second-order valence-electron chi connectivity index (χ2n) is 1.43. The minimum atomic E-state index is 0.792. The van der Waals surface area contributed by atoms with Crippen molar-refractivity contribution in [3.8, 4) is 0 Å². The zero-order chi connectivity index (χ0) is 7.28. The van der Waals surface area contributed by atoms with Crippen molar-refractivity contribution in [2.24, 2.45) is 0 Å². The lowest BCUT2D eigenvalue weighted by Gasteiger charge is -1.67. The molecular weight excluding hydrogens is 132 g/mol. The van der Waals surface area contributed by atoms with Gasteiger partial charge in [-0.25, -0.2) is 0 Å². The molecule has 0 atom stereocenters. The summed E-state index contributed by atoms with van der Waals surface area (Å²) in [7, 11) is 0. The van der Waals surface area contributed by atoms with E-state index in [1.54, 1.807) is 0 Å². The summed E-state index contributed by atoms with van der Waals surface area (Å²) in [6.07, 6.45) is 1.84. The Morgan fingerprint density at radius 3 is 2.11 bits per heavy atom. The van der Waals surface area contributed by atoms with Crippen LogP contribution in [0.4, 0.5) is 0 Å². The highest BCUT2D eigenvalue weighted by Crippen LogP contribution is 1.91. The fourth-order valence-electron chi connectivity index (χ4n) is 0.374. The fourth-order valence-corrected chi connectivity index (χ4v) is 0.492. The zero-order valence-electron chi connectivity index (χ0n) is 5.99. The number of aromatic amines is 2. The van der Waals surface area contributed by atoms with Crippen LogP contribution in [0.1, 0.15) is 19.4 Å². The molecule has 0 aliphatic heterocycles. The largest absolute Gasteiger partial charge is 0.307 e. The first kappa shape index (κ1) is 8.43. The van der Waals surface area contributed by atoms with Crippen LogP contribution in [0.5, 0.6) is 0 Å². The molecule has 0 aromatic carbocycles. The molecule has 2 N–H and O–H groups in total. The molecule has 0 unspecified atom stereocenters. The van der Waals surface area contributed by atoms with Crippen LogP contribution >= 0.6 is 12.2 Å². The van der Waals surface area contributed by atoms with E-state index in [4.69, 9.17) is 12.2 Å². The van der Waals surface area contributed by atoms with E-state index in [0.717, 1.165) is 10.2 Å². The molecule has 2 nitrogen and oxygen atoms in total. The van der Waals surface area contributed by atoms with Crippen LogP contribution in [0.2, 0.25) is 0 Å². The molecule has 0 fully saturated rings. The SMILES string of the molecule is CC.Cc1c[nH][nH]c1=S. The number of hydrogen-bond donors (Lipinski definition) is 2. The standard InChI is InChI=1S/C4H6N2S.C2H6/c1-3-2-5-6-4(3)7;1-2/h2H,1H3,(H2,5,6,7);1-2H3. The molecule has 1 heterocycles. The van der Waals surface area contributed by atoms with Crippen LogP contribution in [0.3, 0.4) is 0 Å². The highest BCUT2D eigenvalue weighted by atomic mass is 32.1. The minimum Gasteiger partial charge on any atom is -0.307 e.